The Morgan fingerprint density at radius 1 is 1.40 bits per heavy atom. The van der Waals surface area contributed by atoms with Gasteiger partial charge in [0.25, 0.3) is 0 Å². The molecule has 1 aliphatic carbocycles. The van der Waals surface area contributed by atoms with Gasteiger partial charge in [0.05, 0.1) is 11.3 Å². The quantitative estimate of drug-likeness (QED) is 0.295. The minimum absolute atomic E-state index is 0. The van der Waals surface area contributed by atoms with Crippen LogP contribution in [0.2, 0.25) is 0 Å². The molecule has 0 amide bonds. The Bertz CT molecular complexity index is 598. The van der Waals surface area contributed by atoms with Crippen molar-refractivity contribution in [2.75, 3.05) is 20.7 Å². The van der Waals surface area contributed by atoms with Crippen molar-refractivity contribution in [1.82, 2.24) is 20.4 Å². The molecule has 2 atom stereocenters. The van der Waals surface area contributed by atoms with Crippen LogP contribution in [0.3, 0.4) is 0 Å². The van der Waals surface area contributed by atoms with Crippen LogP contribution in [0.5, 0.6) is 0 Å². The fourth-order valence-electron chi connectivity index (χ4n) is 3.42. The van der Waals surface area contributed by atoms with Crippen LogP contribution in [0, 0.1) is 19.3 Å². The van der Waals surface area contributed by atoms with Crippen molar-refractivity contribution in [1.29, 1.82) is 0 Å². The van der Waals surface area contributed by atoms with Gasteiger partial charge >= 0.3 is 0 Å². The van der Waals surface area contributed by atoms with Crippen LogP contribution in [0.4, 0.5) is 0 Å². The molecule has 2 unspecified atom stereocenters. The zero-order chi connectivity index (χ0) is 18.0. The summed E-state index contributed by atoms with van der Waals surface area (Å²) in [4.78, 5) is 4.35. The molecule has 0 aromatic carbocycles. The molecular weight excluding hydrogens is 429 g/mol. The zero-order valence-corrected chi connectivity index (χ0v) is 19.0. The summed E-state index contributed by atoms with van der Waals surface area (Å²) >= 11 is 0. The second-order valence-corrected chi connectivity index (χ2v) is 7.56. The number of aliphatic imine (C=N–C) groups is 1. The molecule has 1 aliphatic rings. The number of methoxy groups -OCH3 is 1. The van der Waals surface area contributed by atoms with Crippen molar-refractivity contribution in [2.45, 2.75) is 65.6 Å². The molecule has 2 N–H and O–H groups in total. The van der Waals surface area contributed by atoms with Crippen molar-refractivity contribution in [3.05, 3.63) is 17.5 Å². The Morgan fingerprint density at radius 2 is 2.08 bits per heavy atom. The lowest BCUT2D eigenvalue weighted by atomic mass is 9.56. The number of ether oxygens (including phenoxy) is 1. The Morgan fingerprint density at radius 3 is 2.56 bits per heavy atom. The Kier molecular flexibility index (Phi) is 7.73. The number of nitrogens with zero attached hydrogens (tertiary/aromatic N) is 3. The first kappa shape index (κ1) is 22.2. The molecule has 0 aliphatic heterocycles. The SMILES string of the molecule is CN=C(NCCCn1nc(C)cc1C)NC1CC(C)(OC)C1(C)C.I. The van der Waals surface area contributed by atoms with E-state index in [9.17, 15) is 0 Å². The van der Waals surface area contributed by atoms with E-state index in [0.717, 1.165) is 37.6 Å². The molecule has 25 heavy (non-hydrogen) atoms. The molecule has 2 rings (SSSR count). The van der Waals surface area contributed by atoms with Gasteiger partial charge in [-0.25, -0.2) is 0 Å². The minimum Gasteiger partial charge on any atom is -0.378 e. The van der Waals surface area contributed by atoms with Gasteiger partial charge in [0, 0.05) is 44.4 Å². The van der Waals surface area contributed by atoms with E-state index in [1.807, 2.05) is 14.0 Å². The highest BCUT2D eigenvalue weighted by Crippen LogP contribution is 2.51. The summed E-state index contributed by atoms with van der Waals surface area (Å²) in [5.74, 6) is 0.861. The van der Waals surface area contributed by atoms with Gasteiger partial charge in [-0.2, -0.15) is 5.10 Å². The lowest BCUT2D eigenvalue weighted by Crippen LogP contribution is -2.69. The maximum atomic E-state index is 5.69. The molecule has 1 fully saturated rings. The number of rotatable bonds is 6. The summed E-state index contributed by atoms with van der Waals surface area (Å²) in [5.41, 5.74) is 2.29. The monoisotopic (exact) mass is 463 g/mol. The van der Waals surface area contributed by atoms with E-state index in [4.69, 9.17) is 4.74 Å². The van der Waals surface area contributed by atoms with Crippen molar-refractivity contribution in [3.8, 4) is 0 Å². The number of aryl methyl sites for hydroxylation is 3. The van der Waals surface area contributed by atoms with E-state index in [1.54, 1.807) is 7.11 Å². The van der Waals surface area contributed by atoms with Crippen LogP contribution >= 0.6 is 24.0 Å². The molecular formula is C18H34IN5O. The van der Waals surface area contributed by atoms with Crippen molar-refractivity contribution in [2.24, 2.45) is 10.4 Å². The zero-order valence-electron chi connectivity index (χ0n) is 16.6. The van der Waals surface area contributed by atoms with E-state index in [-0.39, 0.29) is 35.0 Å². The summed E-state index contributed by atoms with van der Waals surface area (Å²) in [6.45, 7) is 12.6. The van der Waals surface area contributed by atoms with Crippen LogP contribution < -0.4 is 10.6 Å². The lowest BCUT2D eigenvalue weighted by molar-refractivity contribution is -0.176. The highest BCUT2D eigenvalue weighted by atomic mass is 127. The van der Waals surface area contributed by atoms with Gasteiger partial charge < -0.3 is 15.4 Å². The standard InChI is InChI=1S/C18H33N5O.HI/c1-13-11-14(2)23(22-13)10-8-9-20-16(19-6)21-15-12-18(5,24-7)17(15,3)4;/h11,15H,8-10,12H2,1-7H3,(H2,19,20,21);1H. The maximum absolute atomic E-state index is 5.69. The van der Waals surface area contributed by atoms with Gasteiger partial charge in [-0.05, 0) is 39.7 Å². The predicted octanol–water partition coefficient (Wildman–Crippen LogP) is 2.88. The fraction of sp³-hybridized carbons (Fsp3) is 0.778. The van der Waals surface area contributed by atoms with Gasteiger partial charge in [-0.3, -0.25) is 9.67 Å². The molecule has 7 heteroatoms. The van der Waals surface area contributed by atoms with E-state index in [1.165, 1.54) is 5.69 Å². The summed E-state index contributed by atoms with van der Waals surface area (Å²) < 4.78 is 7.75. The van der Waals surface area contributed by atoms with Crippen molar-refractivity contribution < 1.29 is 4.74 Å². The van der Waals surface area contributed by atoms with Gasteiger partial charge in [0.1, 0.15) is 0 Å². The van der Waals surface area contributed by atoms with Crippen LogP contribution in [-0.4, -0.2) is 48.1 Å². The average Bonchev–Trinajstić information content (AvgIpc) is 2.86. The predicted molar refractivity (Wildman–Crippen MR) is 114 cm³/mol. The third-order valence-electron chi connectivity index (χ3n) is 5.76. The summed E-state index contributed by atoms with van der Waals surface area (Å²) in [5, 5.41) is 11.4. The number of halogens is 1. The third-order valence-corrected chi connectivity index (χ3v) is 5.76. The first-order chi connectivity index (χ1) is 11.2. The van der Waals surface area contributed by atoms with Crippen LogP contribution in [-0.2, 0) is 11.3 Å². The van der Waals surface area contributed by atoms with E-state index in [2.05, 4.69) is 59.2 Å². The van der Waals surface area contributed by atoms with Gasteiger partial charge in [-0.1, -0.05) is 13.8 Å². The van der Waals surface area contributed by atoms with Crippen molar-refractivity contribution in [3.63, 3.8) is 0 Å². The highest BCUT2D eigenvalue weighted by Gasteiger charge is 2.58. The first-order valence-corrected chi connectivity index (χ1v) is 8.77. The molecule has 1 aromatic heterocycles. The summed E-state index contributed by atoms with van der Waals surface area (Å²) in [7, 11) is 3.61. The van der Waals surface area contributed by atoms with E-state index < -0.39 is 0 Å². The number of aromatic nitrogens is 2. The topological polar surface area (TPSA) is 63.5 Å². The van der Waals surface area contributed by atoms with Gasteiger partial charge in [-0.15, -0.1) is 24.0 Å². The average molecular weight is 463 g/mol. The molecule has 0 radical (unpaired) electrons. The smallest absolute Gasteiger partial charge is 0.191 e. The second-order valence-electron chi connectivity index (χ2n) is 7.56. The number of guanidine groups is 1. The normalized spacial score (nSPS) is 25.1. The second kappa shape index (κ2) is 8.70. The van der Waals surface area contributed by atoms with Gasteiger partial charge in [0.2, 0.25) is 0 Å². The molecule has 0 bridgehead atoms. The molecule has 0 spiro atoms. The lowest BCUT2D eigenvalue weighted by Gasteiger charge is -2.59. The summed E-state index contributed by atoms with van der Waals surface area (Å²) in [6.07, 6.45) is 2.00. The van der Waals surface area contributed by atoms with Crippen LogP contribution in [0.1, 0.15) is 45.0 Å². The fourth-order valence-corrected chi connectivity index (χ4v) is 3.42. The van der Waals surface area contributed by atoms with Crippen LogP contribution in [0.15, 0.2) is 11.1 Å². The molecule has 6 nitrogen and oxygen atoms in total. The maximum Gasteiger partial charge on any atom is 0.191 e. The highest BCUT2D eigenvalue weighted by molar-refractivity contribution is 14.0. The molecule has 1 heterocycles. The minimum atomic E-state index is -0.0704. The Labute approximate surface area is 169 Å². The Balaban J connectivity index is 0.00000312. The number of hydrogen-bond acceptors (Lipinski definition) is 3. The van der Waals surface area contributed by atoms with Gasteiger partial charge in [0.15, 0.2) is 5.96 Å². The first-order valence-electron chi connectivity index (χ1n) is 8.77. The summed E-state index contributed by atoms with van der Waals surface area (Å²) in [6, 6.07) is 2.48. The van der Waals surface area contributed by atoms with E-state index >= 15 is 0 Å². The molecule has 1 saturated carbocycles. The van der Waals surface area contributed by atoms with E-state index in [0.29, 0.717) is 6.04 Å². The third kappa shape index (κ3) is 4.67. The number of hydrogen-bond donors (Lipinski definition) is 2. The number of nitrogens with one attached hydrogen (secondary N) is 2. The Hall–Kier alpha value is -0.830. The molecule has 0 saturated heterocycles. The van der Waals surface area contributed by atoms with Crippen LogP contribution in [0.25, 0.3) is 0 Å². The van der Waals surface area contributed by atoms with Crippen molar-refractivity contribution >= 4 is 29.9 Å². The largest absolute Gasteiger partial charge is 0.378 e. The molecule has 1 aromatic rings. The molecule has 144 valence electrons.